The number of aromatic nitrogens is 1. The van der Waals surface area contributed by atoms with E-state index >= 15 is 0 Å². The predicted octanol–water partition coefficient (Wildman–Crippen LogP) is 0.504. The Hall–Kier alpha value is -1.71. The molecule has 3 heterocycles. The summed E-state index contributed by atoms with van der Waals surface area (Å²) in [6.45, 7) is 4.59. The molecule has 2 aliphatic rings. The van der Waals surface area contributed by atoms with Gasteiger partial charge in [-0.1, -0.05) is 0 Å². The van der Waals surface area contributed by atoms with Gasteiger partial charge in [-0.25, -0.2) is 9.78 Å². The number of ether oxygens (including phenoxy) is 2. The molecular formula is C14H20N4O4S. The molecule has 0 radical (unpaired) electrons. The Balaban J connectivity index is 1.65. The van der Waals surface area contributed by atoms with Crippen LogP contribution < -0.4 is 4.90 Å². The Bertz CT molecular complexity index is 573. The van der Waals surface area contributed by atoms with Crippen molar-refractivity contribution in [2.75, 3.05) is 64.6 Å². The lowest BCUT2D eigenvalue weighted by Gasteiger charge is -2.26. The molecule has 0 atom stereocenters. The standard InChI is InChI=1S/C14H20N4O4S/c1-21-7-4-17-2-3-18(14(17)20)13-15-11(10-23-13)12(19)16-5-8-22-9-6-16/h10H,2-9H2,1H3. The molecule has 23 heavy (non-hydrogen) atoms. The molecule has 2 fully saturated rings. The van der Waals surface area contributed by atoms with E-state index in [0.717, 1.165) is 0 Å². The highest BCUT2D eigenvalue weighted by Crippen LogP contribution is 2.25. The first kappa shape index (κ1) is 16.2. The molecule has 0 aromatic carbocycles. The zero-order valence-corrected chi connectivity index (χ0v) is 13.9. The maximum Gasteiger partial charge on any atom is 0.326 e. The summed E-state index contributed by atoms with van der Waals surface area (Å²) >= 11 is 1.33. The van der Waals surface area contributed by atoms with E-state index in [1.54, 1.807) is 27.2 Å². The van der Waals surface area contributed by atoms with Crippen LogP contribution in [-0.2, 0) is 9.47 Å². The minimum atomic E-state index is -0.0984. The molecule has 9 heteroatoms. The lowest BCUT2D eigenvalue weighted by Crippen LogP contribution is -2.40. The molecule has 2 saturated heterocycles. The van der Waals surface area contributed by atoms with Crippen LogP contribution in [0.2, 0.25) is 0 Å². The number of hydrogen-bond donors (Lipinski definition) is 0. The van der Waals surface area contributed by atoms with Crippen LogP contribution in [0, 0.1) is 0 Å². The fourth-order valence-corrected chi connectivity index (χ4v) is 3.40. The number of rotatable bonds is 5. The fraction of sp³-hybridized carbons (Fsp3) is 0.643. The largest absolute Gasteiger partial charge is 0.383 e. The molecular weight excluding hydrogens is 320 g/mol. The molecule has 0 N–H and O–H groups in total. The second kappa shape index (κ2) is 7.24. The van der Waals surface area contributed by atoms with Crippen LogP contribution >= 0.6 is 11.3 Å². The summed E-state index contributed by atoms with van der Waals surface area (Å²) in [5.74, 6) is -0.0984. The Morgan fingerprint density at radius 1 is 1.35 bits per heavy atom. The minimum absolute atomic E-state index is 0.0817. The normalized spacial score (nSPS) is 18.8. The third kappa shape index (κ3) is 3.46. The summed E-state index contributed by atoms with van der Waals surface area (Å²) in [6, 6.07) is -0.0817. The lowest BCUT2D eigenvalue weighted by atomic mass is 10.3. The van der Waals surface area contributed by atoms with Crippen LogP contribution in [0.4, 0.5) is 9.93 Å². The van der Waals surface area contributed by atoms with Crippen LogP contribution in [0.1, 0.15) is 10.5 Å². The van der Waals surface area contributed by atoms with E-state index < -0.39 is 0 Å². The molecule has 3 rings (SSSR count). The van der Waals surface area contributed by atoms with Crippen LogP contribution in [0.15, 0.2) is 5.38 Å². The zero-order chi connectivity index (χ0) is 16.2. The van der Waals surface area contributed by atoms with E-state index in [4.69, 9.17) is 9.47 Å². The summed E-state index contributed by atoms with van der Waals surface area (Å²) < 4.78 is 10.3. The first-order valence-corrected chi connectivity index (χ1v) is 8.46. The number of hydrogen-bond acceptors (Lipinski definition) is 6. The van der Waals surface area contributed by atoms with Gasteiger partial charge in [0.05, 0.1) is 19.8 Å². The van der Waals surface area contributed by atoms with Crippen molar-refractivity contribution in [1.29, 1.82) is 0 Å². The van der Waals surface area contributed by atoms with Crippen molar-refractivity contribution in [3.8, 4) is 0 Å². The van der Waals surface area contributed by atoms with E-state index in [2.05, 4.69) is 4.98 Å². The second-order valence-electron chi connectivity index (χ2n) is 5.33. The fourth-order valence-electron chi connectivity index (χ4n) is 2.58. The van der Waals surface area contributed by atoms with Gasteiger partial charge in [-0.05, 0) is 0 Å². The highest BCUT2D eigenvalue weighted by molar-refractivity contribution is 7.14. The smallest absolute Gasteiger partial charge is 0.326 e. The lowest BCUT2D eigenvalue weighted by molar-refractivity contribution is 0.0299. The van der Waals surface area contributed by atoms with E-state index in [9.17, 15) is 9.59 Å². The topological polar surface area (TPSA) is 75.2 Å². The van der Waals surface area contributed by atoms with Crippen molar-refractivity contribution in [1.82, 2.24) is 14.8 Å². The van der Waals surface area contributed by atoms with Crippen molar-refractivity contribution in [2.45, 2.75) is 0 Å². The van der Waals surface area contributed by atoms with Crippen molar-refractivity contribution < 1.29 is 19.1 Å². The van der Waals surface area contributed by atoms with E-state index in [0.29, 0.717) is 63.4 Å². The molecule has 0 unspecified atom stereocenters. The van der Waals surface area contributed by atoms with Gasteiger partial charge in [0.25, 0.3) is 5.91 Å². The summed E-state index contributed by atoms with van der Waals surface area (Å²) in [4.78, 5) is 34.2. The summed E-state index contributed by atoms with van der Waals surface area (Å²) in [5.41, 5.74) is 0.398. The quantitative estimate of drug-likeness (QED) is 0.780. The minimum Gasteiger partial charge on any atom is -0.383 e. The number of urea groups is 1. The number of carbonyl (C=O) groups is 2. The van der Waals surface area contributed by atoms with Crippen molar-refractivity contribution >= 4 is 28.4 Å². The molecule has 2 aliphatic heterocycles. The number of thiazole rings is 1. The summed E-state index contributed by atoms with van der Waals surface area (Å²) in [5, 5.41) is 2.30. The van der Waals surface area contributed by atoms with Gasteiger partial charge >= 0.3 is 6.03 Å². The highest BCUT2D eigenvalue weighted by atomic mass is 32.1. The third-order valence-corrected chi connectivity index (χ3v) is 4.76. The van der Waals surface area contributed by atoms with Gasteiger partial charge in [0.1, 0.15) is 5.69 Å². The SMILES string of the molecule is COCCN1CCN(c2nc(C(=O)N3CCOCC3)cs2)C1=O. The zero-order valence-electron chi connectivity index (χ0n) is 13.1. The van der Waals surface area contributed by atoms with Crippen molar-refractivity contribution in [2.24, 2.45) is 0 Å². The first-order valence-electron chi connectivity index (χ1n) is 7.58. The summed E-state index contributed by atoms with van der Waals surface area (Å²) in [7, 11) is 1.61. The molecule has 3 amide bonds. The molecule has 0 bridgehead atoms. The van der Waals surface area contributed by atoms with Crippen LogP contribution in [0.3, 0.4) is 0 Å². The van der Waals surface area contributed by atoms with Crippen molar-refractivity contribution in [3.63, 3.8) is 0 Å². The molecule has 1 aromatic rings. The van der Waals surface area contributed by atoms with E-state index in [1.165, 1.54) is 11.3 Å². The Morgan fingerprint density at radius 2 is 2.13 bits per heavy atom. The Labute approximate surface area is 138 Å². The first-order chi connectivity index (χ1) is 11.2. The maximum absolute atomic E-state index is 12.4. The molecule has 1 aromatic heterocycles. The van der Waals surface area contributed by atoms with Gasteiger partial charge in [-0.2, -0.15) is 0 Å². The van der Waals surface area contributed by atoms with Gasteiger partial charge in [0, 0.05) is 45.2 Å². The molecule has 0 saturated carbocycles. The second-order valence-corrected chi connectivity index (χ2v) is 6.17. The molecule has 8 nitrogen and oxygen atoms in total. The van der Waals surface area contributed by atoms with Gasteiger partial charge in [-0.3, -0.25) is 9.69 Å². The Kier molecular flexibility index (Phi) is 5.09. The average Bonchev–Trinajstić information content (AvgIpc) is 3.20. The molecule has 0 aliphatic carbocycles. The maximum atomic E-state index is 12.4. The van der Waals surface area contributed by atoms with Gasteiger partial charge in [-0.15, -0.1) is 11.3 Å². The van der Waals surface area contributed by atoms with E-state index in [-0.39, 0.29) is 11.9 Å². The monoisotopic (exact) mass is 340 g/mol. The number of amides is 3. The number of carbonyl (C=O) groups excluding carboxylic acids is 2. The number of methoxy groups -OCH3 is 1. The van der Waals surface area contributed by atoms with Gasteiger partial charge in [0.2, 0.25) is 0 Å². The number of anilines is 1. The number of morpholine rings is 1. The van der Waals surface area contributed by atoms with Crippen LogP contribution in [-0.4, -0.2) is 86.4 Å². The van der Waals surface area contributed by atoms with Gasteiger partial charge < -0.3 is 19.3 Å². The van der Waals surface area contributed by atoms with Crippen LogP contribution in [0.25, 0.3) is 0 Å². The molecule has 126 valence electrons. The summed E-state index contributed by atoms with van der Waals surface area (Å²) in [6.07, 6.45) is 0. The number of nitrogens with zero attached hydrogens (tertiary/aromatic N) is 4. The third-order valence-electron chi connectivity index (χ3n) is 3.90. The van der Waals surface area contributed by atoms with Crippen LogP contribution in [0.5, 0.6) is 0 Å². The Morgan fingerprint density at radius 3 is 2.87 bits per heavy atom. The highest BCUT2D eigenvalue weighted by Gasteiger charge is 2.32. The van der Waals surface area contributed by atoms with Crippen molar-refractivity contribution in [3.05, 3.63) is 11.1 Å². The molecule has 0 spiro atoms. The van der Waals surface area contributed by atoms with E-state index in [1.807, 2.05) is 0 Å². The average molecular weight is 340 g/mol. The predicted molar refractivity (Wildman–Crippen MR) is 85.0 cm³/mol. The van der Waals surface area contributed by atoms with Gasteiger partial charge in [0.15, 0.2) is 5.13 Å².